The molecule has 0 unspecified atom stereocenters. The van der Waals surface area contributed by atoms with Crippen LogP contribution in [0.1, 0.15) is 25.5 Å². The fraction of sp³-hybridized carbons (Fsp3) is 0.526. The lowest BCUT2D eigenvalue weighted by Gasteiger charge is -2.28. The van der Waals surface area contributed by atoms with Crippen LogP contribution in [0.3, 0.4) is 0 Å². The van der Waals surface area contributed by atoms with E-state index in [4.69, 9.17) is 4.74 Å². The van der Waals surface area contributed by atoms with Crippen molar-refractivity contribution in [3.05, 3.63) is 29.8 Å². The molecule has 1 aromatic rings. The number of likely N-dealkylation sites (tertiary alicyclic amines) is 1. The Morgan fingerprint density at radius 3 is 2.38 bits per heavy atom. The number of fused-ring (bicyclic) bond motifs is 1. The summed E-state index contributed by atoms with van der Waals surface area (Å²) < 4.78 is 5.20. The summed E-state index contributed by atoms with van der Waals surface area (Å²) in [6, 6.07) is 7.34. The van der Waals surface area contributed by atoms with Gasteiger partial charge in [0.15, 0.2) is 0 Å². The molecule has 2 aliphatic rings. The molecule has 2 saturated heterocycles. The smallest absolute Gasteiger partial charge is 0.326 e. The van der Waals surface area contributed by atoms with E-state index in [1.165, 1.54) is 7.05 Å². The minimum absolute atomic E-state index is 0.216. The Balaban J connectivity index is 2.02. The first kappa shape index (κ1) is 18.4. The molecule has 2 fully saturated rings. The van der Waals surface area contributed by atoms with Crippen molar-refractivity contribution in [1.29, 1.82) is 0 Å². The molecular weight excluding hydrogens is 334 g/mol. The number of carbonyl (C=O) groups excluding carboxylic acids is 3. The minimum Gasteiger partial charge on any atom is -0.465 e. The summed E-state index contributed by atoms with van der Waals surface area (Å²) in [6.45, 7) is 3.59. The lowest BCUT2D eigenvalue weighted by atomic mass is 9.80. The van der Waals surface area contributed by atoms with Gasteiger partial charge in [-0.15, -0.1) is 0 Å². The van der Waals surface area contributed by atoms with Gasteiger partial charge in [-0.05, 0) is 31.5 Å². The molecule has 7 nitrogen and oxygen atoms in total. The van der Waals surface area contributed by atoms with Gasteiger partial charge in [-0.2, -0.15) is 0 Å². The van der Waals surface area contributed by atoms with Gasteiger partial charge in [0.1, 0.15) is 5.54 Å². The van der Waals surface area contributed by atoms with Crippen LogP contribution in [0, 0.1) is 11.8 Å². The molecule has 0 spiro atoms. The number of imide groups is 1. The molecule has 26 heavy (non-hydrogen) atoms. The number of anilines is 1. The van der Waals surface area contributed by atoms with Gasteiger partial charge < -0.3 is 9.64 Å². The maximum absolute atomic E-state index is 12.7. The van der Waals surface area contributed by atoms with Crippen molar-refractivity contribution in [2.45, 2.75) is 25.4 Å². The monoisotopic (exact) mass is 359 g/mol. The number of hydrogen-bond acceptors (Lipinski definition) is 6. The number of rotatable bonds is 4. The quantitative estimate of drug-likeness (QED) is 0.637. The third-order valence-corrected chi connectivity index (χ3v) is 5.48. The van der Waals surface area contributed by atoms with Crippen LogP contribution in [-0.4, -0.2) is 56.0 Å². The van der Waals surface area contributed by atoms with Gasteiger partial charge >= 0.3 is 5.97 Å². The Morgan fingerprint density at radius 2 is 1.85 bits per heavy atom. The van der Waals surface area contributed by atoms with Crippen LogP contribution < -0.4 is 10.2 Å². The lowest BCUT2D eigenvalue weighted by molar-refractivity contribution is -0.155. The number of esters is 1. The Bertz CT molecular complexity index is 746. The van der Waals surface area contributed by atoms with Crippen LogP contribution in [0.2, 0.25) is 0 Å². The highest BCUT2D eigenvalue weighted by Gasteiger charge is 2.66. The van der Waals surface area contributed by atoms with Crippen molar-refractivity contribution in [2.75, 3.05) is 32.6 Å². The molecule has 0 aliphatic carbocycles. The second kappa shape index (κ2) is 6.39. The number of carbonyl (C=O) groups is 3. The van der Waals surface area contributed by atoms with Gasteiger partial charge in [0.25, 0.3) is 0 Å². The van der Waals surface area contributed by atoms with Crippen molar-refractivity contribution in [2.24, 2.45) is 11.8 Å². The maximum Gasteiger partial charge on any atom is 0.326 e. The molecule has 0 radical (unpaired) electrons. The fourth-order valence-corrected chi connectivity index (χ4v) is 4.02. The SMILES string of the molecule is CCOC(=O)[C@]1(C)N[C@@H](c2ccc(N(C)C)cc2)[C@H]2C(=O)N(C)C(=O)[C@@H]21. The van der Waals surface area contributed by atoms with Crippen LogP contribution in [0.4, 0.5) is 5.69 Å². The van der Waals surface area contributed by atoms with Gasteiger partial charge in [-0.3, -0.25) is 24.6 Å². The van der Waals surface area contributed by atoms with E-state index < -0.39 is 29.4 Å². The third-order valence-electron chi connectivity index (χ3n) is 5.48. The second-order valence-electron chi connectivity index (χ2n) is 7.27. The summed E-state index contributed by atoms with van der Waals surface area (Å²) in [7, 11) is 5.37. The maximum atomic E-state index is 12.7. The van der Waals surface area contributed by atoms with Crippen LogP contribution in [0.15, 0.2) is 24.3 Å². The highest BCUT2D eigenvalue weighted by atomic mass is 16.5. The molecule has 1 aromatic carbocycles. The molecule has 2 amide bonds. The Kier molecular flexibility index (Phi) is 4.52. The van der Waals surface area contributed by atoms with E-state index in [0.29, 0.717) is 0 Å². The topological polar surface area (TPSA) is 79.0 Å². The zero-order valence-electron chi connectivity index (χ0n) is 15.8. The molecule has 0 bridgehead atoms. The summed E-state index contributed by atoms with van der Waals surface area (Å²) in [5.41, 5.74) is 0.667. The summed E-state index contributed by atoms with van der Waals surface area (Å²) in [6.07, 6.45) is 0. The Morgan fingerprint density at radius 1 is 1.23 bits per heavy atom. The number of nitrogens with one attached hydrogen (secondary N) is 1. The van der Waals surface area contributed by atoms with Crippen LogP contribution >= 0.6 is 0 Å². The van der Waals surface area contributed by atoms with E-state index in [1.54, 1.807) is 13.8 Å². The Hall–Kier alpha value is -2.41. The second-order valence-corrected chi connectivity index (χ2v) is 7.27. The molecule has 2 aliphatic heterocycles. The molecule has 3 rings (SSSR count). The highest BCUT2D eigenvalue weighted by Crippen LogP contribution is 2.48. The molecule has 1 N–H and O–H groups in total. The predicted octanol–water partition coefficient (Wildman–Crippen LogP) is 0.950. The van der Waals surface area contributed by atoms with E-state index in [2.05, 4.69) is 5.32 Å². The molecule has 7 heteroatoms. The van der Waals surface area contributed by atoms with Crippen molar-refractivity contribution in [3.63, 3.8) is 0 Å². The third kappa shape index (κ3) is 2.58. The predicted molar refractivity (Wildman–Crippen MR) is 96.4 cm³/mol. The normalized spacial score (nSPS) is 30.5. The zero-order chi connectivity index (χ0) is 19.2. The first-order chi connectivity index (χ1) is 12.2. The van der Waals surface area contributed by atoms with Crippen LogP contribution in [-0.2, 0) is 19.1 Å². The Labute approximate surface area is 153 Å². The lowest BCUT2D eigenvalue weighted by Crippen LogP contribution is -2.53. The van der Waals surface area contributed by atoms with Crippen LogP contribution in [0.25, 0.3) is 0 Å². The van der Waals surface area contributed by atoms with Crippen molar-refractivity contribution in [1.82, 2.24) is 10.2 Å². The number of hydrogen-bond donors (Lipinski definition) is 1. The summed E-state index contributed by atoms with van der Waals surface area (Å²) in [4.78, 5) is 41.2. The van der Waals surface area contributed by atoms with E-state index in [-0.39, 0.29) is 18.4 Å². The average molecular weight is 359 g/mol. The summed E-state index contributed by atoms with van der Waals surface area (Å²) in [5.74, 6) is -2.48. The average Bonchev–Trinajstić information content (AvgIpc) is 3.05. The van der Waals surface area contributed by atoms with Crippen molar-refractivity contribution < 1.29 is 19.1 Å². The molecule has 4 atom stereocenters. The van der Waals surface area contributed by atoms with Crippen LogP contribution in [0.5, 0.6) is 0 Å². The first-order valence-corrected chi connectivity index (χ1v) is 8.76. The van der Waals surface area contributed by atoms with E-state index in [0.717, 1.165) is 16.2 Å². The number of benzene rings is 1. The molecule has 140 valence electrons. The van der Waals surface area contributed by atoms with E-state index in [9.17, 15) is 14.4 Å². The summed E-state index contributed by atoms with van der Waals surface area (Å²) in [5, 5.41) is 3.24. The van der Waals surface area contributed by atoms with Gasteiger partial charge in [0, 0.05) is 32.9 Å². The van der Waals surface area contributed by atoms with E-state index in [1.807, 2.05) is 43.3 Å². The van der Waals surface area contributed by atoms with Crippen molar-refractivity contribution >= 4 is 23.5 Å². The van der Waals surface area contributed by atoms with Gasteiger partial charge in [-0.1, -0.05) is 12.1 Å². The number of amides is 2. The molecule has 0 aromatic heterocycles. The number of ether oxygens (including phenoxy) is 1. The minimum atomic E-state index is -1.23. The largest absolute Gasteiger partial charge is 0.465 e. The summed E-state index contributed by atoms with van der Waals surface area (Å²) >= 11 is 0. The van der Waals surface area contributed by atoms with Gasteiger partial charge in [0.05, 0.1) is 18.4 Å². The molecule has 0 saturated carbocycles. The standard InChI is InChI=1S/C19H25N3O4/c1-6-26-18(25)19(2)14-13(16(23)22(5)17(14)24)15(20-19)11-7-9-12(10-8-11)21(3)4/h7-10,13-15,20H,6H2,1-5H3/t13-,14+,15-,19+/m0/s1. The van der Waals surface area contributed by atoms with Gasteiger partial charge in [0.2, 0.25) is 11.8 Å². The van der Waals surface area contributed by atoms with Gasteiger partial charge in [-0.25, -0.2) is 0 Å². The number of nitrogens with zero attached hydrogens (tertiary/aromatic N) is 2. The van der Waals surface area contributed by atoms with E-state index >= 15 is 0 Å². The highest BCUT2D eigenvalue weighted by molar-refractivity contribution is 6.09. The van der Waals surface area contributed by atoms with Crippen molar-refractivity contribution in [3.8, 4) is 0 Å². The molecule has 2 heterocycles. The zero-order valence-corrected chi connectivity index (χ0v) is 15.8. The first-order valence-electron chi connectivity index (χ1n) is 8.76. The molecular formula is C19H25N3O4. The fourth-order valence-electron chi connectivity index (χ4n) is 4.02.